The number of alkyl halides is 2. The lowest BCUT2D eigenvalue weighted by molar-refractivity contribution is -0.0504. The summed E-state index contributed by atoms with van der Waals surface area (Å²) in [4.78, 5) is 4.46. The molecule has 0 aliphatic heterocycles. The lowest BCUT2D eigenvalue weighted by Gasteiger charge is -2.13. The van der Waals surface area contributed by atoms with Crippen LogP contribution in [-0.4, -0.2) is 32.8 Å². The van der Waals surface area contributed by atoms with Crippen LogP contribution in [0.25, 0.3) is 0 Å². The van der Waals surface area contributed by atoms with E-state index in [-0.39, 0.29) is 12.3 Å². The zero-order chi connectivity index (χ0) is 19.5. The summed E-state index contributed by atoms with van der Waals surface area (Å²) in [6.45, 7) is 0.711. The Kier molecular flexibility index (Phi) is 8.35. The van der Waals surface area contributed by atoms with E-state index in [2.05, 4.69) is 20.4 Å². The summed E-state index contributed by atoms with van der Waals surface area (Å²) in [7, 11) is 1.64. The molecular formula is C20H25F2N3O2. The smallest absolute Gasteiger partial charge is 0.387 e. The van der Waals surface area contributed by atoms with Gasteiger partial charge in [0, 0.05) is 18.7 Å². The maximum atomic E-state index is 12.5. The zero-order valence-corrected chi connectivity index (χ0v) is 15.5. The number of hydrogen-bond donors (Lipinski definition) is 2. The van der Waals surface area contributed by atoms with Gasteiger partial charge < -0.3 is 20.1 Å². The molecule has 146 valence electrons. The second-order valence-corrected chi connectivity index (χ2v) is 5.71. The molecule has 0 fully saturated rings. The summed E-state index contributed by atoms with van der Waals surface area (Å²) in [6.07, 6.45) is 0.798. The minimum Gasteiger partial charge on any atom is -0.497 e. The molecule has 7 heteroatoms. The van der Waals surface area contributed by atoms with Crippen molar-refractivity contribution in [3.8, 4) is 11.5 Å². The van der Waals surface area contributed by atoms with Crippen LogP contribution in [0.1, 0.15) is 18.1 Å². The third kappa shape index (κ3) is 7.13. The van der Waals surface area contributed by atoms with Crippen LogP contribution in [0, 0.1) is 0 Å². The van der Waals surface area contributed by atoms with Crippen LogP contribution < -0.4 is 20.1 Å². The van der Waals surface area contributed by atoms with Crippen molar-refractivity contribution >= 4 is 5.96 Å². The topological polar surface area (TPSA) is 54.9 Å². The van der Waals surface area contributed by atoms with E-state index in [1.807, 2.05) is 31.2 Å². The number of benzene rings is 2. The molecule has 2 aromatic carbocycles. The van der Waals surface area contributed by atoms with Crippen molar-refractivity contribution in [1.82, 2.24) is 10.6 Å². The SMILES string of the molecule is CCNC(=NCc1ccccc1OC(F)F)NCCc1cccc(OC)c1. The number of halogens is 2. The quantitative estimate of drug-likeness (QED) is 0.518. The van der Waals surface area contributed by atoms with Gasteiger partial charge in [-0.05, 0) is 37.1 Å². The lowest BCUT2D eigenvalue weighted by atomic mass is 10.1. The van der Waals surface area contributed by atoms with Crippen LogP contribution in [0.3, 0.4) is 0 Å². The van der Waals surface area contributed by atoms with Gasteiger partial charge in [0.15, 0.2) is 5.96 Å². The van der Waals surface area contributed by atoms with Crippen LogP contribution in [0.4, 0.5) is 8.78 Å². The van der Waals surface area contributed by atoms with E-state index in [4.69, 9.17) is 4.74 Å². The molecule has 0 saturated heterocycles. The van der Waals surface area contributed by atoms with Gasteiger partial charge in [0.2, 0.25) is 0 Å². The summed E-state index contributed by atoms with van der Waals surface area (Å²) in [5.41, 5.74) is 1.75. The molecule has 5 nitrogen and oxygen atoms in total. The first-order valence-corrected chi connectivity index (χ1v) is 8.80. The van der Waals surface area contributed by atoms with Crippen LogP contribution >= 0.6 is 0 Å². The van der Waals surface area contributed by atoms with Gasteiger partial charge in [0.05, 0.1) is 13.7 Å². The number of guanidine groups is 1. The summed E-state index contributed by atoms with van der Waals surface area (Å²) in [5, 5.41) is 6.39. The third-order valence-electron chi connectivity index (χ3n) is 3.78. The summed E-state index contributed by atoms with van der Waals surface area (Å²) < 4.78 is 34.8. The molecule has 0 saturated carbocycles. The fourth-order valence-corrected chi connectivity index (χ4v) is 2.50. The van der Waals surface area contributed by atoms with E-state index in [1.54, 1.807) is 25.3 Å². The molecule has 0 aromatic heterocycles. The van der Waals surface area contributed by atoms with Crippen molar-refractivity contribution in [3.63, 3.8) is 0 Å². The maximum Gasteiger partial charge on any atom is 0.387 e. The molecule has 2 N–H and O–H groups in total. The number of rotatable bonds is 9. The van der Waals surface area contributed by atoms with Gasteiger partial charge in [0.1, 0.15) is 11.5 Å². The standard InChI is InChI=1S/C20H25F2N3O2/c1-3-23-20(24-12-11-15-7-6-9-17(13-15)26-2)25-14-16-8-4-5-10-18(16)27-19(21)22/h4-10,13,19H,3,11-12,14H2,1-2H3,(H2,23,24,25). The van der Waals surface area contributed by atoms with Crippen molar-refractivity contribution in [3.05, 3.63) is 59.7 Å². The predicted molar refractivity (Wildman–Crippen MR) is 103 cm³/mol. The Bertz CT molecular complexity index is 739. The van der Waals surface area contributed by atoms with Crippen LogP contribution in [0.5, 0.6) is 11.5 Å². The molecule has 2 aromatic rings. The predicted octanol–water partition coefficient (Wildman–Crippen LogP) is 3.59. The van der Waals surface area contributed by atoms with Crippen molar-refractivity contribution in [2.75, 3.05) is 20.2 Å². The molecule has 2 rings (SSSR count). The Morgan fingerprint density at radius 3 is 2.67 bits per heavy atom. The molecule has 0 bridgehead atoms. The van der Waals surface area contributed by atoms with Crippen LogP contribution in [0.15, 0.2) is 53.5 Å². The highest BCUT2D eigenvalue weighted by Gasteiger charge is 2.09. The molecular weight excluding hydrogens is 352 g/mol. The number of ether oxygens (including phenoxy) is 2. The second-order valence-electron chi connectivity index (χ2n) is 5.71. The Balaban J connectivity index is 1.96. The van der Waals surface area contributed by atoms with Crippen LogP contribution in [-0.2, 0) is 13.0 Å². The number of hydrogen-bond acceptors (Lipinski definition) is 3. The number of methoxy groups -OCH3 is 1. The van der Waals surface area contributed by atoms with Gasteiger partial charge in [-0.3, -0.25) is 0 Å². The second kappa shape index (κ2) is 11.0. The summed E-state index contributed by atoms with van der Waals surface area (Å²) >= 11 is 0. The number of nitrogens with zero attached hydrogens (tertiary/aromatic N) is 1. The molecule has 0 aliphatic rings. The monoisotopic (exact) mass is 377 g/mol. The molecule has 0 amide bonds. The average molecular weight is 377 g/mol. The number of aliphatic imine (C=N–C) groups is 1. The lowest BCUT2D eigenvalue weighted by Crippen LogP contribution is -2.38. The third-order valence-corrected chi connectivity index (χ3v) is 3.78. The van der Waals surface area contributed by atoms with Gasteiger partial charge in [-0.25, -0.2) is 4.99 Å². The van der Waals surface area contributed by atoms with E-state index in [1.165, 1.54) is 6.07 Å². The Morgan fingerprint density at radius 1 is 1.11 bits per heavy atom. The minimum absolute atomic E-state index is 0.142. The number of nitrogens with one attached hydrogen (secondary N) is 2. The van der Waals surface area contributed by atoms with Crippen molar-refractivity contribution < 1.29 is 18.3 Å². The van der Waals surface area contributed by atoms with E-state index in [0.717, 1.165) is 17.7 Å². The molecule has 0 aliphatic carbocycles. The van der Waals surface area contributed by atoms with E-state index in [0.29, 0.717) is 24.6 Å². The van der Waals surface area contributed by atoms with Gasteiger partial charge >= 0.3 is 6.61 Å². The van der Waals surface area contributed by atoms with E-state index in [9.17, 15) is 8.78 Å². The minimum atomic E-state index is -2.86. The van der Waals surface area contributed by atoms with Gasteiger partial charge in [-0.2, -0.15) is 8.78 Å². The summed E-state index contributed by atoms with van der Waals surface area (Å²) in [5.74, 6) is 1.58. The first-order valence-electron chi connectivity index (χ1n) is 8.80. The fraction of sp³-hybridized carbons (Fsp3) is 0.350. The van der Waals surface area contributed by atoms with Crippen molar-refractivity contribution in [1.29, 1.82) is 0 Å². The fourth-order valence-electron chi connectivity index (χ4n) is 2.50. The highest BCUT2D eigenvalue weighted by atomic mass is 19.3. The van der Waals surface area contributed by atoms with E-state index >= 15 is 0 Å². The largest absolute Gasteiger partial charge is 0.497 e. The Morgan fingerprint density at radius 2 is 1.93 bits per heavy atom. The van der Waals surface area contributed by atoms with Gasteiger partial charge in [0.25, 0.3) is 0 Å². The van der Waals surface area contributed by atoms with Crippen molar-refractivity contribution in [2.24, 2.45) is 4.99 Å². The normalized spacial score (nSPS) is 11.4. The Labute approximate surface area is 158 Å². The molecule has 0 radical (unpaired) electrons. The molecule has 0 heterocycles. The first kappa shape index (κ1) is 20.5. The van der Waals surface area contributed by atoms with Gasteiger partial charge in [-0.15, -0.1) is 0 Å². The van der Waals surface area contributed by atoms with Crippen LogP contribution in [0.2, 0.25) is 0 Å². The molecule has 0 atom stereocenters. The molecule has 0 spiro atoms. The maximum absolute atomic E-state index is 12.5. The molecule has 0 unspecified atom stereocenters. The van der Waals surface area contributed by atoms with E-state index < -0.39 is 6.61 Å². The number of para-hydroxylation sites is 1. The average Bonchev–Trinajstić information content (AvgIpc) is 2.67. The van der Waals surface area contributed by atoms with Gasteiger partial charge in [-0.1, -0.05) is 30.3 Å². The van der Waals surface area contributed by atoms with Crippen molar-refractivity contribution in [2.45, 2.75) is 26.5 Å². The highest BCUT2D eigenvalue weighted by Crippen LogP contribution is 2.21. The Hall–Kier alpha value is -2.83. The summed E-state index contributed by atoms with van der Waals surface area (Å²) in [6, 6.07) is 14.5. The highest BCUT2D eigenvalue weighted by molar-refractivity contribution is 5.79. The molecule has 27 heavy (non-hydrogen) atoms. The first-order chi connectivity index (χ1) is 13.1. The zero-order valence-electron chi connectivity index (χ0n) is 15.5.